The number of likely N-dealkylation sites (tertiary alicyclic amines) is 1. The second-order valence-electron chi connectivity index (χ2n) is 8.17. The third-order valence-electron chi connectivity index (χ3n) is 5.91. The number of hydrogen-bond donors (Lipinski definition) is 1. The smallest absolute Gasteiger partial charge is 0.193 e. The Labute approximate surface area is 204 Å². The SMILES string of the molecule is CCNC(=NCC1CCN(c2cccc(OC)c2)C1)N1CCC(COCCOC)C1.I. The van der Waals surface area contributed by atoms with E-state index in [2.05, 4.69) is 40.2 Å². The molecule has 176 valence electrons. The van der Waals surface area contributed by atoms with Crippen molar-refractivity contribution >= 4 is 35.6 Å². The van der Waals surface area contributed by atoms with Crippen molar-refractivity contribution in [3.05, 3.63) is 24.3 Å². The number of nitrogens with one attached hydrogen (secondary N) is 1. The van der Waals surface area contributed by atoms with Crippen LogP contribution in [0, 0.1) is 11.8 Å². The van der Waals surface area contributed by atoms with Crippen molar-refractivity contribution in [3.63, 3.8) is 0 Å². The lowest BCUT2D eigenvalue weighted by atomic mass is 10.1. The average Bonchev–Trinajstić information content (AvgIpc) is 3.44. The van der Waals surface area contributed by atoms with Gasteiger partial charge in [0.1, 0.15) is 5.75 Å². The van der Waals surface area contributed by atoms with Crippen molar-refractivity contribution in [3.8, 4) is 5.75 Å². The van der Waals surface area contributed by atoms with E-state index in [0.717, 1.165) is 64.0 Å². The monoisotopic (exact) mass is 546 g/mol. The Morgan fingerprint density at radius 1 is 1.13 bits per heavy atom. The van der Waals surface area contributed by atoms with Crippen LogP contribution in [0.5, 0.6) is 5.75 Å². The molecule has 7 nitrogen and oxygen atoms in total. The molecule has 0 amide bonds. The van der Waals surface area contributed by atoms with Crippen LogP contribution >= 0.6 is 24.0 Å². The van der Waals surface area contributed by atoms with Gasteiger partial charge in [-0.15, -0.1) is 24.0 Å². The summed E-state index contributed by atoms with van der Waals surface area (Å²) in [7, 11) is 3.43. The molecule has 2 unspecified atom stereocenters. The summed E-state index contributed by atoms with van der Waals surface area (Å²) in [6.07, 6.45) is 2.33. The van der Waals surface area contributed by atoms with Gasteiger partial charge in [-0.2, -0.15) is 0 Å². The van der Waals surface area contributed by atoms with E-state index in [-0.39, 0.29) is 24.0 Å². The number of aliphatic imine (C=N–C) groups is 1. The Hall–Kier alpha value is -1.26. The quantitative estimate of drug-likeness (QED) is 0.211. The molecule has 1 aromatic rings. The number of methoxy groups -OCH3 is 2. The van der Waals surface area contributed by atoms with Crippen molar-refractivity contribution in [2.24, 2.45) is 16.8 Å². The molecule has 3 rings (SSSR count). The van der Waals surface area contributed by atoms with E-state index in [9.17, 15) is 0 Å². The Morgan fingerprint density at radius 2 is 1.97 bits per heavy atom. The molecule has 0 bridgehead atoms. The van der Waals surface area contributed by atoms with Gasteiger partial charge in [-0.25, -0.2) is 0 Å². The van der Waals surface area contributed by atoms with Crippen LogP contribution in [-0.4, -0.2) is 84.2 Å². The zero-order chi connectivity index (χ0) is 21.2. The summed E-state index contributed by atoms with van der Waals surface area (Å²) in [5, 5.41) is 3.49. The fourth-order valence-corrected chi connectivity index (χ4v) is 4.22. The second-order valence-corrected chi connectivity index (χ2v) is 8.17. The molecule has 1 aromatic carbocycles. The van der Waals surface area contributed by atoms with Gasteiger partial charge in [0.2, 0.25) is 0 Å². The maximum absolute atomic E-state index is 5.73. The number of halogens is 1. The number of ether oxygens (including phenoxy) is 3. The van der Waals surface area contributed by atoms with Crippen molar-refractivity contribution in [1.29, 1.82) is 0 Å². The highest BCUT2D eigenvalue weighted by Gasteiger charge is 2.26. The minimum Gasteiger partial charge on any atom is -0.497 e. The lowest BCUT2D eigenvalue weighted by molar-refractivity contribution is 0.0536. The highest BCUT2D eigenvalue weighted by Crippen LogP contribution is 2.27. The van der Waals surface area contributed by atoms with Crippen molar-refractivity contribution in [1.82, 2.24) is 10.2 Å². The van der Waals surface area contributed by atoms with Crippen LogP contribution in [0.15, 0.2) is 29.3 Å². The number of nitrogens with zero attached hydrogens (tertiary/aromatic N) is 3. The van der Waals surface area contributed by atoms with Gasteiger partial charge in [0.05, 0.1) is 26.9 Å². The molecule has 2 aliphatic heterocycles. The lowest BCUT2D eigenvalue weighted by Crippen LogP contribution is -2.40. The van der Waals surface area contributed by atoms with Crippen LogP contribution in [0.25, 0.3) is 0 Å². The number of benzene rings is 1. The molecular weight excluding hydrogens is 507 g/mol. The maximum Gasteiger partial charge on any atom is 0.193 e. The number of rotatable bonds is 10. The standard InChI is InChI=1S/C23H38N4O3.HI/c1-4-24-23(27-11-9-20(17-27)18-30-13-12-28-2)25-15-19-8-10-26(16-19)21-6-5-7-22(14-21)29-3;/h5-7,14,19-20H,4,8-13,15-18H2,1-3H3,(H,24,25);1H. The van der Waals surface area contributed by atoms with Crippen LogP contribution in [0.3, 0.4) is 0 Å². The lowest BCUT2D eigenvalue weighted by Gasteiger charge is -2.22. The predicted molar refractivity (Wildman–Crippen MR) is 137 cm³/mol. The molecule has 1 N–H and O–H groups in total. The van der Waals surface area contributed by atoms with Crippen molar-refractivity contribution < 1.29 is 14.2 Å². The largest absolute Gasteiger partial charge is 0.497 e. The predicted octanol–water partition coefficient (Wildman–Crippen LogP) is 3.09. The van der Waals surface area contributed by atoms with Gasteiger partial charge in [-0.05, 0) is 37.8 Å². The second kappa shape index (κ2) is 14.0. The van der Waals surface area contributed by atoms with Gasteiger partial charge in [0.15, 0.2) is 5.96 Å². The van der Waals surface area contributed by atoms with Crippen LogP contribution in [0.1, 0.15) is 19.8 Å². The van der Waals surface area contributed by atoms with Crippen LogP contribution in [0.2, 0.25) is 0 Å². The van der Waals surface area contributed by atoms with E-state index in [1.807, 2.05) is 6.07 Å². The summed E-state index contributed by atoms with van der Waals surface area (Å²) >= 11 is 0. The maximum atomic E-state index is 5.73. The molecule has 8 heteroatoms. The van der Waals surface area contributed by atoms with Gasteiger partial charge in [0.25, 0.3) is 0 Å². The summed E-state index contributed by atoms with van der Waals surface area (Å²) in [5.41, 5.74) is 1.24. The first-order valence-electron chi connectivity index (χ1n) is 11.2. The van der Waals surface area contributed by atoms with Gasteiger partial charge in [0, 0.05) is 64.0 Å². The minimum absolute atomic E-state index is 0. The first kappa shape index (κ1) is 26.0. The third kappa shape index (κ3) is 7.98. The summed E-state index contributed by atoms with van der Waals surface area (Å²) in [5.74, 6) is 3.12. The van der Waals surface area contributed by atoms with E-state index < -0.39 is 0 Å². The molecule has 2 heterocycles. The van der Waals surface area contributed by atoms with E-state index >= 15 is 0 Å². The topological polar surface area (TPSA) is 58.6 Å². The van der Waals surface area contributed by atoms with E-state index in [1.54, 1.807) is 14.2 Å². The van der Waals surface area contributed by atoms with Gasteiger partial charge < -0.3 is 29.3 Å². The number of anilines is 1. The van der Waals surface area contributed by atoms with E-state index in [4.69, 9.17) is 19.2 Å². The molecule has 0 aliphatic carbocycles. The molecule has 0 spiro atoms. The first-order valence-corrected chi connectivity index (χ1v) is 11.2. The molecule has 2 aliphatic rings. The summed E-state index contributed by atoms with van der Waals surface area (Å²) in [6, 6.07) is 8.34. The third-order valence-corrected chi connectivity index (χ3v) is 5.91. The first-order chi connectivity index (χ1) is 14.7. The van der Waals surface area contributed by atoms with Gasteiger partial charge in [-0.3, -0.25) is 4.99 Å². The minimum atomic E-state index is 0. The molecule has 2 atom stereocenters. The van der Waals surface area contributed by atoms with Crippen LogP contribution < -0.4 is 15.0 Å². The molecule has 0 saturated carbocycles. The normalized spacial score (nSPS) is 21.3. The van der Waals surface area contributed by atoms with Gasteiger partial charge in [-0.1, -0.05) is 6.07 Å². The molecular formula is C23H39IN4O3. The zero-order valence-electron chi connectivity index (χ0n) is 19.2. The van der Waals surface area contributed by atoms with Crippen LogP contribution in [0.4, 0.5) is 5.69 Å². The molecule has 0 radical (unpaired) electrons. The van der Waals surface area contributed by atoms with Gasteiger partial charge >= 0.3 is 0 Å². The molecule has 0 aromatic heterocycles. The molecule has 31 heavy (non-hydrogen) atoms. The number of guanidine groups is 1. The number of hydrogen-bond acceptors (Lipinski definition) is 5. The summed E-state index contributed by atoms with van der Waals surface area (Å²) in [6.45, 7) is 10.2. The summed E-state index contributed by atoms with van der Waals surface area (Å²) in [4.78, 5) is 9.84. The Kier molecular flexibility index (Phi) is 11.7. The fraction of sp³-hybridized carbons (Fsp3) is 0.696. The fourth-order valence-electron chi connectivity index (χ4n) is 4.22. The van der Waals surface area contributed by atoms with E-state index in [0.29, 0.717) is 25.0 Å². The Balaban J connectivity index is 0.00000341. The Bertz CT molecular complexity index is 676. The van der Waals surface area contributed by atoms with Crippen molar-refractivity contribution in [2.75, 3.05) is 78.2 Å². The van der Waals surface area contributed by atoms with E-state index in [1.165, 1.54) is 12.1 Å². The van der Waals surface area contributed by atoms with Crippen LogP contribution in [-0.2, 0) is 9.47 Å². The molecule has 2 saturated heterocycles. The van der Waals surface area contributed by atoms with Crippen molar-refractivity contribution in [2.45, 2.75) is 19.8 Å². The summed E-state index contributed by atoms with van der Waals surface area (Å²) < 4.78 is 16.2. The highest BCUT2D eigenvalue weighted by molar-refractivity contribution is 14.0. The average molecular weight is 546 g/mol. The zero-order valence-corrected chi connectivity index (χ0v) is 21.5. The Morgan fingerprint density at radius 3 is 2.74 bits per heavy atom. The highest BCUT2D eigenvalue weighted by atomic mass is 127. The molecule has 2 fully saturated rings.